The van der Waals surface area contributed by atoms with Gasteiger partial charge in [0.15, 0.2) is 0 Å². The van der Waals surface area contributed by atoms with E-state index in [1.807, 2.05) is 24.5 Å². The molecule has 4 rings (SSSR count). The van der Waals surface area contributed by atoms with Gasteiger partial charge in [-0.15, -0.1) is 0 Å². The lowest BCUT2D eigenvalue weighted by molar-refractivity contribution is 0.0981. The van der Waals surface area contributed by atoms with Crippen molar-refractivity contribution >= 4 is 5.82 Å². The molecule has 2 fully saturated rings. The lowest BCUT2D eigenvalue weighted by Crippen LogP contribution is -2.44. The molecule has 120 valence electrons. The van der Waals surface area contributed by atoms with Crippen molar-refractivity contribution in [2.24, 2.45) is 5.41 Å². The molecule has 4 heteroatoms. The fraction of sp³-hybridized carbons (Fsp3) is 0.474. The van der Waals surface area contributed by atoms with E-state index < -0.39 is 0 Å². The minimum atomic E-state index is 0.435. The van der Waals surface area contributed by atoms with E-state index in [0.29, 0.717) is 5.41 Å². The van der Waals surface area contributed by atoms with Crippen molar-refractivity contribution in [3.05, 3.63) is 54.5 Å². The maximum absolute atomic E-state index is 4.53. The van der Waals surface area contributed by atoms with Crippen LogP contribution >= 0.6 is 0 Å². The first-order chi connectivity index (χ1) is 11.3. The SMILES string of the molecule is c1ccc(CN2CCCC3(CCN(c4ccccn4)C3)C2)nc1. The molecular formula is C19H24N4. The molecule has 2 aliphatic heterocycles. The molecule has 2 aliphatic rings. The molecule has 2 aromatic rings. The van der Waals surface area contributed by atoms with Crippen molar-refractivity contribution in [1.29, 1.82) is 0 Å². The number of pyridine rings is 2. The van der Waals surface area contributed by atoms with Gasteiger partial charge in [0.2, 0.25) is 0 Å². The third-order valence-corrected chi connectivity index (χ3v) is 5.26. The molecule has 0 aliphatic carbocycles. The zero-order valence-electron chi connectivity index (χ0n) is 13.6. The Hall–Kier alpha value is -1.94. The third-order valence-electron chi connectivity index (χ3n) is 5.26. The Labute approximate surface area is 138 Å². The number of aromatic nitrogens is 2. The van der Waals surface area contributed by atoms with Crippen LogP contribution in [0.25, 0.3) is 0 Å². The van der Waals surface area contributed by atoms with Crippen molar-refractivity contribution < 1.29 is 0 Å². The highest BCUT2D eigenvalue weighted by molar-refractivity contribution is 5.40. The summed E-state index contributed by atoms with van der Waals surface area (Å²) in [6, 6.07) is 12.4. The number of piperidine rings is 1. The Morgan fingerprint density at radius 1 is 0.913 bits per heavy atom. The highest BCUT2D eigenvalue weighted by Crippen LogP contribution is 2.40. The summed E-state index contributed by atoms with van der Waals surface area (Å²) >= 11 is 0. The Bertz CT molecular complexity index is 630. The fourth-order valence-corrected chi connectivity index (χ4v) is 4.17. The first kappa shape index (κ1) is 14.6. The average molecular weight is 308 g/mol. The average Bonchev–Trinajstić information content (AvgIpc) is 3.00. The summed E-state index contributed by atoms with van der Waals surface area (Å²) in [4.78, 5) is 14.1. The minimum Gasteiger partial charge on any atom is -0.356 e. The molecule has 4 heterocycles. The third kappa shape index (κ3) is 3.22. The molecule has 1 spiro atoms. The van der Waals surface area contributed by atoms with Crippen LogP contribution in [0.1, 0.15) is 25.0 Å². The lowest BCUT2D eigenvalue weighted by Gasteiger charge is -2.40. The molecule has 1 unspecified atom stereocenters. The van der Waals surface area contributed by atoms with E-state index in [-0.39, 0.29) is 0 Å². The Balaban J connectivity index is 1.43. The van der Waals surface area contributed by atoms with E-state index >= 15 is 0 Å². The van der Waals surface area contributed by atoms with Crippen LogP contribution in [-0.4, -0.2) is 41.0 Å². The van der Waals surface area contributed by atoms with Gasteiger partial charge in [0.1, 0.15) is 5.82 Å². The van der Waals surface area contributed by atoms with Crippen LogP contribution in [0, 0.1) is 5.41 Å². The van der Waals surface area contributed by atoms with Gasteiger partial charge in [-0.05, 0) is 50.1 Å². The number of hydrogen-bond donors (Lipinski definition) is 0. The summed E-state index contributed by atoms with van der Waals surface area (Å²) in [6.07, 6.45) is 7.71. The number of likely N-dealkylation sites (tertiary alicyclic amines) is 1. The van der Waals surface area contributed by atoms with Gasteiger partial charge < -0.3 is 4.90 Å². The number of anilines is 1. The van der Waals surface area contributed by atoms with Gasteiger partial charge in [0.25, 0.3) is 0 Å². The second-order valence-electron chi connectivity index (χ2n) is 6.99. The van der Waals surface area contributed by atoms with Crippen LogP contribution in [0.4, 0.5) is 5.82 Å². The lowest BCUT2D eigenvalue weighted by atomic mass is 9.79. The Kier molecular flexibility index (Phi) is 4.00. The minimum absolute atomic E-state index is 0.435. The van der Waals surface area contributed by atoms with E-state index in [2.05, 4.69) is 44.0 Å². The van der Waals surface area contributed by atoms with Crippen molar-refractivity contribution in [2.45, 2.75) is 25.8 Å². The van der Waals surface area contributed by atoms with Gasteiger partial charge in [0, 0.05) is 44.0 Å². The van der Waals surface area contributed by atoms with Crippen molar-refractivity contribution in [3.63, 3.8) is 0 Å². The molecule has 0 N–H and O–H groups in total. The summed E-state index contributed by atoms with van der Waals surface area (Å²) in [5.74, 6) is 1.13. The standard InChI is InChI=1S/C19H24N4/c1-3-10-20-17(6-1)14-22-12-5-8-19(15-22)9-13-23(16-19)18-7-2-4-11-21-18/h1-4,6-7,10-11H,5,8-9,12-16H2. The summed E-state index contributed by atoms with van der Waals surface area (Å²) < 4.78 is 0. The van der Waals surface area contributed by atoms with Gasteiger partial charge in [-0.3, -0.25) is 9.88 Å². The van der Waals surface area contributed by atoms with E-state index in [1.54, 1.807) is 0 Å². The molecule has 23 heavy (non-hydrogen) atoms. The molecule has 0 bridgehead atoms. The smallest absolute Gasteiger partial charge is 0.128 e. The quantitative estimate of drug-likeness (QED) is 0.872. The zero-order chi connectivity index (χ0) is 15.5. The molecule has 0 aromatic carbocycles. The summed E-state index contributed by atoms with van der Waals surface area (Å²) in [5, 5.41) is 0. The van der Waals surface area contributed by atoms with Crippen LogP contribution in [0.2, 0.25) is 0 Å². The maximum Gasteiger partial charge on any atom is 0.128 e. The predicted octanol–water partition coefficient (Wildman–Crippen LogP) is 2.97. The van der Waals surface area contributed by atoms with Crippen LogP contribution < -0.4 is 4.90 Å². The highest BCUT2D eigenvalue weighted by atomic mass is 15.2. The van der Waals surface area contributed by atoms with Crippen LogP contribution in [0.15, 0.2) is 48.8 Å². The van der Waals surface area contributed by atoms with E-state index in [1.165, 1.54) is 38.0 Å². The molecule has 4 nitrogen and oxygen atoms in total. The predicted molar refractivity (Wildman–Crippen MR) is 92.2 cm³/mol. The first-order valence-corrected chi connectivity index (χ1v) is 8.61. The number of nitrogens with zero attached hydrogens (tertiary/aromatic N) is 4. The second-order valence-corrected chi connectivity index (χ2v) is 6.99. The van der Waals surface area contributed by atoms with Gasteiger partial charge in [-0.1, -0.05) is 12.1 Å². The van der Waals surface area contributed by atoms with Gasteiger partial charge in [-0.2, -0.15) is 0 Å². The largest absolute Gasteiger partial charge is 0.356 e. The maximum atomic E-state index is 4.53. The van der Waals surface area contributed by atoms with Crippen LogP contribution in [0.5, 0.6) is 0 Å². The number of hydrogen-bond acceptors (Lipinski definition) is 4. The van der Waals surface area contributed by atoms with Gasteiger partial charge in [0.05, 0.1) is 5.69 Å². The summed E-state index contributed by atoms with van der Waals surface area (Å²) in [6.45, 7) is 5.64. The molecule has 0 amide bonds. The molecule has 0 saturated carbocycles. The van der Waals surface area contributed by atoms with Crippen molar-refractivity contribution in [2.75, 3.05) is 31.1 Å². The molecule has 0 radical (unpaired) electrons. The van der Waals surface area contributed by atoms with Crippen molar-refractivity contribution in [3.8, 4) is 0 Å². The Morgan fingerprint density at radius 3 is 2.57 bits per heavy atom. The fourth-order valence-electron chi connectivity index (χ4n) is 4.17. The molecule has 2 saturated heterocycles. The highest BCUT2D eigenvalue weighted by Gasteiger charge is 2.41. The number of rotatable bonds is 3. The van der Waals surface area contributed by atoms with Gasteiger partial charge >= 0.3 is 0 Å². The van der Waals surface area contributed by atoms with Gasteiger partial charge in [-0.25, -0.2) is 4.98 Å². The summed E-state index contributed by atoms with van der Waals surface area (Å²) in [5.41, 5.74) is 1.62. The van der Waals surface area contributed by atoms with Crippen LogP contribution in [-0.2, 0) is 6.54 Å². The molecular weight excluding hydrogens is 284 g/mol. The first-order valence-electron chi connectivity index (χ1n) is 8.61. The van der Waals surface area contributed by atoms with E-state index in [4.69, 9.17) is 0 Å². The summed E-state index contributed by atoms with van der Waals surface area (Å²) in [7, 11) is 0. The monoisotopic (exact) mass is 308 g/mol. The molecule has 2 aromatic heterocycles. The topological polar surface area (TPSA) is 32.3 Å². The molecule has 1 atom stereocenters. The van der Waals surface area contributed by atoms with E-state index in [9.17, 15) is 0 Å². The zero-order valence-corrected chi connectivity index (χ0v) is 13.6. The second kappa shape index (κ2) is 6.28. The van der Waals surface area contributed by atoms with E-state index in [0.717, 1.165) is 25.5 Å². The van der Waals surface area contributed by atoms with Crippen LogP contribution in [0.3, 0.4) is 0 Å². The normalized spacial score (nSPS) is 25.1. The Morgan fingerprint density at radius 2 is 1.78 bits per heavy atom. The van der Waals surface area contributed by atoms with Crippen molar-refractivity contribution in [1.82, 2.24) is 14.9 Å².